The number of aromatic nitrogens is 2. The fourth-order valence-corrected chi connectivity index (χ4v) is 3.06. The molecule has 0 aliphatic heterocycles. The third-order valence-electron chi connectivity index (χ3n) is 4.46. The van der Waals surface area contributed by atoms with Crippen LogP contribution in [0.2, 0.25) is 0 Å². The Morgan fingerprint density at radius 2 is 1.55 bits per heavy atom. The zero-order valence-corrected chi connectivity index (χ0v) is 15.5. The lowest BCUT2D eigenvalue weighted by molar-refractivity contribution is 0.0946. The Hall–Kier alpha value is -4.06. The third kappa shape index (κ3) is 4.11. The van der Waals surface area contributed by atoms with Crippen LogP contribution in [0.4, 0.5) is 5.69 Å². The SMILES string of the molecule is O=C(NCc1ccccn1)c1ncccc1NC(=O)c1cccc2ccccc12. The van der Waals surface area contributed by atoms with Gasteiger partial charge in [-0.1, -0.05) is 42.5 Å². The normalized spacial score (nSPS) is 10.5. The molecule has 142 valence electrons. The Morgan fingerprint density at radius 3 is 2.41 bits per heavy atom. The second kappa shape index (κ2) is 8.31. The summed E-state index contributed by atoms with van der Waals surface area (Å²) >= 11 is 0. The molecule has 2 N–H and O–H groups in total. The van der Waals surface area contributed by atoms with E-state index in [2.05, 4.69) is 20.6 Å². The van der Waals surface area contributed by atoms with Crippen LogP contribution >= 0.6 is 0 Å². The molecule has 0 spiro atoms. The number of hydrogen-bond donors (Lipinski definition) is 2. The largest absolute Gasteiger partial charge is 0.345 e. The maximum atomic E-state index is 12.9. The smallest absolute Gasteiger partial charge is 0.272 e. The average molecular weight is 382 g/mol. The van der Waals surface area contributed by atoms with Crippen LogP contribution in [0.25, 0.3) is 10.8 Å². The van der Waals surface area contributed by atoms with Crippen LogP contribution in [0.15, 0.2) is 85.2 Å². The van der Waals surface area contributed by atoms with Crippen LogP contribution in [0.3, 0.4) is 0 Å². The maximum Gasteiger partial charge on any atom is 0.272 e. The molecule has 6 heteroatoms. The molecule has 2 aromatic heterocycles. The predicted molar refractivity (Wildman–Crippen MR) is 112 cm³/mol. The number of rotatable bonds is 5. The fraction of sp³-hybridized carbons (Fsp3) is 0.0435. The highest BCUT2D eigenvalue weighted by Gasteiger charge is 2.16. The first-order valence-corrected chi connectivity index (χ1v) is 9.14. The Kier molecular flexibility index (Phi) is 5.25. The van der Waals surface area contributed by atoms with Gasteiger partial charge in [-0.25, -0.2) is 4.98 Å². The Morgan fingerprint density at radius 1 is 0.759 bits per heavy atom. The Balaban J connectivity index is 1.55. The highest BCUT2D eigenvalue weighted by molar-refractivity contribution is 6.14. The van der Waals surface area contributed by atoms with Crippen molar-refractivity contribution in [3.05, 3.63) is 102 Å². The first kappa shape index (κ1) is 18.3. The number of nitrogens with one attached hydrogen (secondary N) is 2. The molecule has 0 radical (unpaired) electrons. The molecule has 0 unspecified atom stereocenters. The van der Waals surface area contributed by atoms with Gasteiger partial charge in [0, 0.05) is 18.0 Å². The summed E-state index contributed by atoms with van der Waals surface area (Å²) in [5.41, 5.74) is 1.77. The molecule has 0 aliphatic carbocycles. The molecule has 29 heavy (non-hydrogen) atoms. The van der Waals surface area contributed by atoms with E-state index in [0.29, 0.717) is 11.3 Å². The summed E-state index contributed by atoms with van der Waals surface area (Å²) in [6.45, 7) is 0.271. The van der Waals surface area contributed by atoms with Gasteiger partial charge in [0.2, 0.25) is 0 Å². The van der Waals surface area contributed by atoms with Crippen molar-refractivity contribution in [1.82, 2.24) is 15.3 Å². The van der Waals surface area contributed by atoms with E-state index in [1.807, 2.05) is 54.6 Å². The van der Waals surface area contributed by atoms with E-state index in [0.717, 1.165) is 16.5 Å². The number of carbonyl (C=O) groups is 2. The molecule has 0 bridgehead atoms. The van der Waals surface area contributed by atoms with Crippen LogP contribution in [0.1, 0.15) is 26.5 Å². The molecular formula is C23H18N4O2. The van der Waals surface area contributed by atoms with Crippen LogP contribution in [0.5, 0.6) is 0 Å². The number of hydrogen-bond acceptors (Lipinski definition) is 4. The van der Waals surface area contributed by atoms with Crippen molar-refractivity contribution < 1.29 is 9.59 Å². The second-order valence-corrected chi connectivity index (χ2v) is 6.38. The van der Waals surface area contributed by atoms with Crippen LogP contribution in [0, 0.1) is 0 Å². The third-order valence-corrected chi connectivity index (χ3v) is 4.46. The summed E-state index contributed by atoms with van der Waals surface area (Å²) in [5.74, 6) is -0.682. The van der Waals surface area contributed by atoms with E-state index in [4.69, 9.17) is 0 Å². The van der Waals surface area contributed by atoms with Gasteiger partial charge in [0.25, 0.3) is 11.8 Å². The molecule has 2 amide bonds. The first-order chi connectivity index (χ1) is 14.2. The zero-order chi connectivity index (χ0) is 20.1. The van der Waals surface area contributed by atoms with Crippen molar-refractivity contribution in [2.45, 2.75) is 6.54 Å². The molecule has 4 aromatic rings. The van der Waals surface area contributed by atoms with Gasteiger partial charge >= 0.3 is 0 Å². The van der Waals surface area contributed by atoms with Crippen molar-refractivity contribution in [2.75, 3.05) is 5.32 Å². The van der Waals surface area contributed by atoms with Crippen molar-refractivity contribution in [3.8, 4) is 0 Å². The number of fused-ring (bicyclic) bond motifs is 1. The highest BCUT2D eigenvalue weighted by atomic mass is 16.2. The van der Waals surface area contributed by atoms with Crippen LogP contribution in [-0.2, 0) is 6.54 Å². The number of carbonyl (C=O) groups excluding carboxylic acids is 2. The molecule has 0 saturated carbocycles. The lowest BCUT2D eigenvalue weighted by Crippen LogP contribution is -2.26. The topological polar surface area (TPSA) is 84.0 Å². The van der Waals surface area contributed by atoms with E-state index < -0.39 is 0 Å². The number of anilines is 1. The summed E-state index contributed by atoms with van der Waals surface area (Å²) in [7, 11) is 0. The number of pyridine rings is 2. The van der Waals surface area contributed by atoms with Gasteiger partial charge in [-0.05, 0) is 41.1 Å². The molecule has 0 aliphatic rings. The van der Waals surface area contributed by atoms with Gasteiger partial charge < -0.3 is 10.6 Å². The zero-order valence-electron chi connectivity index (χ0n) is 15.5. The number of nitrogens with zero attached hydrogens (tertiary/aromatic N) is 2. The molecule has 2 heterocycles. The lowest BCUT2D eigenvalue weighted by Gasteiger charge is -2.11. The molecule has 0 fully saturated rings. The Bertz CT molecular complexity index is 1170. The predicted octanol–water partition coefficient (Wildman–Crippen LogP) is 3.81. The summed E-state index contributed by atoms with van der Waals surface area (Å²) in [4.78, 5) is 33.8. The molecule has 6 nitrogen and oxygen atoms in total. The fourth-order valence-electron chi connectivity index (χ4n) is 3.06. The van der Waals surface area contributed by atoms with E-state index in [1.165, 1.54) is 6.20 Å². The Labute approximate surface area is 167 Å². The highest BCUT2D eigenvalue weighted by Crippen LogP contribution is 2.21. The molecule has 0 atom stereocenters. The standard InChI is InChI=1S/C23H18N4O2/c28-22(19-11-5-8-16-7-1-2-10-18(16)19)27-20-12-6-14-25-21(20)23(29)26-15-17-9-3-4-13-24-17/h1-14H,15H2,(H,26,29)(H,27,28). The van der Waals surface area contributed by atoms with Crippen LogP contribution in [-0.4, -0.2) is 21.8 Å². The van der Waals surface area contributed by atoms with Crippen molar-refractivity contribution >= 4 is 28.3 Å². The maximum absolute atomic E-state index is 12.9. The number of benzene rings is 2. The van der Waals surface area contributed by atoms with E-state index >= 15 is 0 Å². The molecule has 4 rings (SSSR count). The quantitative estimate of drug-likeness (QED) is 0.550. The monoisotopic (exact) mass is 382 g/mol. The second-order valence-electron chi connectivity index (χ2n) is 6.38. The van der Waals surface area contributed by atoms with Crippen molar-refractivity contribution in [1.29, 1.82) is 0 Å². The molecule has 0 saturated heterocycles. The summed E-state index contributed by atoms with van der Waals surface area (Å²) in [6.07, 6.45) is 3.18. The summed E-state index contributed by atoms with van der Waals surface area (Å²) in [6, 6.07) is 22.0. The van der Waals surface area contributed by atoms with E-state index in [-0.39, 0.29) is 24.1 Å². The van der Waals surface area contributed by atoms with Gasteiger partial charge in [-0.2, -0.15) is 0 Å². The summed E-state index contributed by atoms with van der Waals surface area (Å²) in [5, 5.41) is 7.42. The minimum absolute atomic E-state index is 0.150. The van der Waals surface area contributed by atoms with Gasteiger partial charge in [-0.3, -0.25) is 14.6 Å². The first-order valence-electron chi connectivity index (χ1n) is 9.14. The van der Waals surface area contributed by atoms with Gasteiger partial charge in [0.05, 0.1) is 17.9 Å². The summed E-state index contributed by atoms with van der Waals surface area (Å²) < 4.78 is 0. The average Bonchev–Trinajstić information content (AvgIpc) is 2.78. The minimum atomic E-state index is -0.385. The number of amides is 2. The van der Waals surface area contributed by atoms with E-state index in [1.54, 1.807) is 24.4 Å². The van der Waals surface area contributed by atoms with Gasteiger partial charge in [-0.15, -0.1) is 0 Å². The molecular weight excluding hydrogens is 364 g/mol. The van der Waals surface area contributed by atoms with Crippen molar-refractivity contribution in [2.24, 2.45) is 0 Å². The van der Waals surface area contributed by atoms with Gasteiger partial charge in [0.1, 0.15) is 0 Å². The van der Waals surface area contributed by atoms with Crippen LogP contribution < -0.4 is 10.6 Å². The van der Waals surface area contributed by atoms with Crippen molar-refractivity contribution in [3.63, 3.8) is 0 Å². The minimum Gasteiger partial charge on any atom is -0.345 e. The van der Waals surface area contributed by atoms with E-state index in [9.17, 15) is 9.59 Å². The molecule has 2 aromatic carbocycles. The lowest BCUT2D eigenvalue weighted by atomic mass is 10.0. The van der Waals surface area contributed by atoms with Gasteiger partial charge in [0.15, 0.2) is 5.69 Å².